The average molecular weight is 356 g/mol. The van der Waals surface area contributed by atoms with Crippen molar-refractivity contribution < 1.29 is 9.90 Å². The Kier molecular flexibility index (Phi) is 4.13. The third kappa shape index (κ3) is 2.84. The Morgan fingerprint density at radius 1 is 1.19 bits per heavy atom. The maximum absolute atomic E-state index is 13.0. The minimum absolute atomic E-state index is 0.144. The molecule has 0 saturated heterocycles. The molecule has 4 rings (SSSR count). The largest absolute Gasteiger partial charge is 0.508 e. The highest BCUT2D eigenvalue weighted by Gasteiger charge is 2.56. The quantitative estimate of drug-likeness (QED) is 0.762. The van der Waals surface area contributed by atoms with Gasteiger partial charge in [-0.1, -0.05) is 13.0 Å². The number of amides is 1. The molecular weight excluding hydrogens is 322 g/mol. The number of aryl methyl sites for hydroxylation is 1. The second-order valence-corrected chi connectivity index (χ2v) is 10.2. The number of phenolic OH excluding ortho intramolecular Hbond substituents is 1. The molecule has 142 valence electrons. The Bertz CT molecular complexity index is 719. The minimum atomic E-state index is -0.158. The maximum Gasteiger partial charge on any atom is 0.224 e. The summed E-state index contributed by atoms with van der Waals surface area (Å²) in [7, 11) is 0. The molecule has 0 aromatic heterocycles. The highest BCUT2D eigenvalue weighted by molar-refractivity contribution is 5.80. The van der Waals surface area contributed by atoms with Crippen LogP contribution in [0.5, 0.6) is 5.75 Å². The lowest BCUT2D eigenvalue weighted by Crippen LogP contribution is -2.50. The van der Waals surface area contributed by atoms with Crippen LogP contribution in [0.2, 0.25) is 0 Å². The lowest BCUT2D eigenvalue weighted by Gasteiger charge is -2.50. The number of carbonyl (C=O) groups excluding carboxylic acids is 1. The van der Waals surface area contributed by atoms with Crippen LogP contribution in [-0.4, -0.2) is 16.6 Å². The molecule has 0 spiro atoms. The molecule has 26 heavy (non-hydrogen) atoms. The van der Waals surface area contributed by atoms with E-state index in [4.69, 9.17) is 0 Å². The number of phenols is 1. The number of rotatable bonds is 1. The molecule has 3 aliphatic carbocycles. The topological polar surface area (TPSA) is 49.3 Å². The molecule has 0 unspecified atom stereocenters. The number of nitrogens with one attached hydrogen (secondary N) is 1. The molecular formula is C23H33NO2. The summed E-state index contributed by atoms with van der Waals surface area (Å²) in [5.74, 6) is 2.78. The zero-order chi connectivity index (χ0) is 18.7. The van der Waals surface area contributed by atoms with E-state index in [0.29, 0.717) is 23.5 Å². The van der Waals surface area contributed by atoms with Crippen molar-refractivity contribution in [2.24, 2.45) is 23.2 Å². The number of fused-ring (bicyclic) bond motifs is 5. The predicted octanol–water partition coefficient (Wildman–Crippen LogP) is 4.78. The van der Waals surface area contributed by atoms with E-state index in [1.807, 2.05) is 12.1 Å². The van der Waals surface area contributed by atoms with Crippen LogP contribution in [-0.2, 0) is 11.2 Å². The van der Waals surface area contributed by atoms with Crippen LogP contribution in [0.1, 0.15) is 76.8 Å². The van der Waals surface area contributed by atoms with Crippen LogP contribution in [0.3, 0.4) is 0 Å². The summed E-state index contributed by atoms with van der Waals surface area (Å²) in [6, 6.07) is 5.97. The van der Waals surface area contributed by atoms with Gasteiger partial charge in [0.1, 0.15) is 5.75 Å². The average Bonchev–Trinajstić information content (AvgIpc) is 2.90. The smallest absolute Gasteiger partial charge is 0.224 e. The third-order valence-electron chi connectivity index (χ3n) is 7.52. The van der Waals surface area contributed by atoms with E-state index < -0.39 is 0 Å². The first kappa shape index (κ1) is 17.9. The van der Waals surface area contributed by atoms with Gasteiger partial charge >= 0.3 is 0 Å². The minimum Gasteiger partial charge on any atom is -0.508 e. The van der Waals surface area contributed by atoms with Crippen LogP contribution in [0.25, 0.3) is 0 Å². The maximum atomic E-state index is 13.0. The van der Waals surface area contributed by atoms with Crippen LogP contribution in [0, 0.1) is 23.2 Å². The summed E-state index contributed by atoms with van der Waals surface area (Å²) >= 11 is 0. The number of carbonyl (C=O) groups is 1. The van der Waals surface area contributed by atoms with Crippen molar-refractivity contribution in [3.05, 3.63) is 29.3 Å². The van der Waals surface area contributed by atoms with Crippen molar-refractivity contribution in [3.63, 3.8) is 0 Å². The van der Waals surface area contributed by atoms with Gasteiger partial charge in [0, 0.05) is 11.5 Å². The normalized spacial score (nSPS) is 36.0. The standard InChI is InChI=1S/C23H33NO2/c1-22(2,3)24-21(26)20-10-9-19-18-7-5-14-13-15(25)6-8-16(14)17(18)11-12-23(19,20)4/h6,8,13,17-20,25H,5,7,9-12H2,1-4H3,(H,24,26)/t17-,18-,19+,20-,23+/m1/s1. The lowest BCUT2D eigenvalue weighted by atomic mass is 9.54. The third-order valence-corrected chi connectivity index (χ3v) is 7.52. The summed E-state index contributed by atoms with van der Waals surface area (Å²) in [5.41, 5.74) is 2.79. The molecule has 1 amide bonds. The second-order valence-electron chi connectivity index (χ2n) is 10.2. The Balaban J connectivity index is 1.59. The molecule has 0 heterocycles. The Morgan fingerprint density at radius 3 is 2.69 bits per heavy atom. The molecule has 1 aromatic rings. The van der Waals surface area contributed by atoms with Crippen LogP contribution in [0.15, 0.2) is 18.2 Å². The van der Waals surface area contributed by atoms with E-state index in [9.17, 15) is 9.90 Å². The Hall–Kier alpha value is -1.51. The highest BCUT2D eigenvalue weighted by Crippen LogP contribution is 2.63. The summed E-state index contributed by atoms with van der Waals surface area (Å²) in [5, 5.41) is 13.1. The molecule has 3 aliphatic rings. The summed E-state index contributed by atoms with van der Waals surface area (Å²) in [4.78, 5) is 13.0. The fourth-order valence-corrected chi connectivity index (χ4v) is 6.46. The molecule has 3 heteroatoms. The molecule has 5 atom stereocenters. The second kappa shape index (κ2) is 6.00. The molecule has 2 fully saturated rings. The molecule has 2 saturated carbocycles. The SMILES string of the molecule is CC(C)(C)NC(=O)[C@H]1CC[C@H]2[C@@H]3CCc4cc(O)ccc4[C@H]3CC[C@]12C. The fourth-order valence-electron chi connectivity index (χ4n) is 6.46. The molecule has 0 bridgehead atoms. The van der Waals surface area contributed by atoms with Crippen LogP contribution < -0.4 is 5.32 Å². The van der Waals surface area contributed by atoms with Crippen molar-refractivity contribution in [2.45, 2.75) is 77.7 Å². The number of benzene rings is 1. The summed E-state index contributed by atoms with van der Waals surface area (Å²) < 4.78 is 0. The van der Waals surface area contributed by atoms with Crippen molar-refractivity contribution >= 4 is 5.91 Å². The number of hydrogen-bond donors (Lipinski definition) is 2. The summed E-state index contributed by atoms with van der Waals surface area (Å²) in [6.07, 6.45) is 6.81. The van der Waals surface area contributed by atoms with Gasteiger partial charge in [0.2, 0.25) is 5.91 Å². The van der Waals surface area contributed by atoms with Crippen LogP contribution in [0.4, 0.5) is 0 Å². The van der Waals surface area contributed by atoms with Gasteiger partial charge < -0.3 is 10.4 Å². The monoisotopic (exact) mass is 355 g/mol. The Morgan fingerprint density at radius 2 is 1.96 bits per heavy atom. The van der Waals surface area contributed by atoms with E-state index in [1.54, 1.807) is 0 Å². The zero-order valence-corrected chi connectivity index (χ0v) is 16.6. The van der Waals surface area contributed by atoms with Gasteiger partial charge in [-0.3, -0.25) is 4.79 Å². The first-order chi connectivity index (χ1) is 12.2. The van der Waals surface area contributed by atoms with Crippen molar-refractivity contribution in [1.29, 1.82) is 0 Å². The number of hydrogen-bond acceptors (Lipinski definition) is 2. The summed E-state index contributed by atoms with van der Waals surface area (Å²) in [6.45, 7) is 8.61. The highest BCUT2D eigenvalue weighted by atomic mass is 16.3. The molecule has 2 N–H and O–H groups in total. The predicted molar refractivity (Wildman–Crippen MR) is 104 cm³/mol. The van der Waals surface area contributed by atoms with Gasteiger partial charge in [-0.2, -0.15) is 0 Å². The van der Waals surface area contributed by atoms with Crippen molar-refractivity contribution in [3.8, 4) is 5.75 Å². The number of aromatic hydroxyl groups is 1. The van der Waals surface area contributed by atoms with E-state index in [-0.39, 0.29) is 22.8 Å². The van der Waals surface area contributed by atoms with E-state index in [1.165, 1.54) is 30.4 Å². The van der Waals surface area contributed by atoms with Crippen LogP contribution >= 0.6 is 0 Å². The van der Waals surface area contributed by atoms with Gasteiger partial charge in [0.25, 0.3) is 0 Å². The van der Waals surface area contributed by atoms with E-state index in [0.717, 1.165) is 19.3 Å². The van der Waals surface area contributed by atoms with E-state index in [2.05, 4.69) is 39.1 Å². The van der Waals surface area contributed by atoms with E-state index >= 15 is 0 Å². The first-order valence-electron chi connectivity index (χ1n) is 10.3. The van der Waals surface area contributed by atoms with Crippen molar-refractivity contribution in [2.75, 3.05) is 0 Å². The molecule has 0 aliphatic heterocycles. The van der Waals surface area contributed by atoms with Gasteiger partial charge in [-0.25, -0.2) is 0 Å². The van der Waals surface area contributed by atoms with Gasteiger partial charge in [-0.05, 0) is 106 Å². The van der Waals surface area contributed by atoms with Crippen molar-refractivity contribution in [1.82, 2.24) is 5.32 Å². The van der Waals surface area contributed by atoms with Gasteiger partial charge in [-0.15, -0.1) is 0 Å². The fraction of sp³-hybridized carbons (Fsp3) is 0.696. The van der Waals surface area contributed by atoms with Gasteiger partial charge in [0.15, 0.2) is 0 Å². The Labute approximate surface area is 157 Å². The zero-order valence-electron chi connectivity index (χ0n) is 16.6. The van der Waals surface area contributed by atoms with Gasteiger partial charge in [0.05, 0.1) is 0 Å². The molecule has 1 aromatic carbocycles. The lowest BCUT2D eigenvalue weighted by molar-refractivity contribution is -0.131. The molecule has 3 nitrogen and oxygen atoms in total. The first-order valence-corrected chi connectivity index (χ1v) is 10.3. The molecule has 0 radical (unpaired) electrons.